The molecule has 0 aliphatic heterocycles. The van der Waals surface area contributed by atoms with Crippen molar-refractivity contribution < 1.29 is 4.79 Å². The molecular weight excluding hydrogens is 344 g/mol. The fraction of sp³-hybridized carbons (Fsp3) is 0.150. The highest BCUT2D eigenvalue weighted by molar-refractivity contribution is 7.22. The number of aromatic nitrogens is 3. The predicted molar refractivity (Wildman–Crippen MR) is 105 cm³/mol. The smallest absolute Gasteiger partial charge is 0.257 e. The van der Waals surface area contributed by atoms with E-state index in [-0.39, 0.29) is 5.91 Å². The summed E-state index contributed by atoms with van der Waals surface area (Å²) >= 11 is 1.50. The van der Waals surface area contributed by atoms with Crippen molar-refractivity contribution >= 4 is 32.6 Å². The number of benzene rings is 2. The first-order valence-corrected chi connectivity index (χ1v) is 9.15. The largest absolute Gasteiger partial charge is 0.298 e. The molecule has 0 unspecified atom stereocenters. The van der Waals surface area contributed by atoms with Crippen molar-refractivity contribution in [3.8, 4) is 0 Å². The van der Waals surface area contributed by atoms with E-state index in [0.29, 0.717) is 17.2 Å². The zero-order valence-corrected chi connectivity index (χ0v) is 15.4. The second kappa shape index (κ2) is 6.72. The Kier molecular flexibility index (Phi) is 4.26. The predicted octanol–water partition coefficient (Wildman–Crippen LogP) is 4.41. The quantitative estimate of drug-likeness (QED) is 0.585. The van der Waals surface area contributed by atoms with Crippen LogP contribution in [0.4, 0.5) is 5.13 Å². The van der Waals surface area contributed by atoms with Gasteiger partial charge in [-0.25, -0.2) is 4.98 Å². The molecule has 26 heavy (non-hydrogen) atoms. The van der Waals surface area contributed by atoms with Gasteiger partial charge in [-0.05, 0) is 54.8 Å². The Balaban J connectivity index is 1.50. The van der Waals surface area contributed by atoms with Gasteiger partial charge in [0.25, 0.3) is 5.91 Å². The number of fused-ring (bicyclic) bond motifs is 1. The maximum Gasteiger partial charge on any atom is 0.257 e. The minimum Gasteiger partial charge on any atom is -0.298 e. The Morgan fingerprint density at radius 2 is 2.00 bits per heavy atom. The van der Waals surface area contributed by atoms with E-state index in [4.69, 9.17) is 0 Å². The highest BCUT2D eigenvalue weighted by Gasteiger charge is 2.11. The van der Waals surface area contributed by atoms with E-state index >= 15 is 0 Å². The third-order valence-electron chi connectivity index (χ3n) is 4.17. The Morgan fingerprint density at radius 3 is 2.73 bits per heavy atom. The topological polar surface area (TPSA) is 59.8 Å². The van der Waals surface area contributed by atoms with Gasteiger partial charge in [0.15, 0.2) is 5.13 Å². The third kappa shape index (κ3) is 3.36. The number of nitrogens with one attached hydrogen (secondary N) is 1. The van der Waals surface area contributed by atoms with Gasteiger partial charge in [-0.15, -0.1) is 0 Å². The maximum atomic E-state index is 12.5. The molecule has 0 aliphatic rings. The molecule has 0 atom stereocenters. The first-order valence-electron chi connectivity index (χ1n) is 8.34. The highest BCUT2D eigenvalue weighted by atomic mass is 32.1. The third-order valence-corrected chi connectivity index (χ3v) is 5.09. The molecule has 2 aromatic carbocycles. The van der Waals surface area contributed by atoms with Crippen molar-refractivity contribution in [2.24, 2.45) is 0 Å². The molecule has 0 aliphatic carbocycles. The lowest BCUT2D eigenvalue weighted by molar-refractivity contribution is 0.102. The minimum absolute atomic E-state index is 0.149. The van der Waals surface area contributed by atoms with E-state index in [1.165, 1.54) is 16.9 Å². The molecule has 0 spiro atoms. The highest BCUT2D eigenvalue weighted by Crippen LogP contribution is 2.29. The SMILES string of the molecule is Cc1cc(C)c2nc(NC(=O)c3ccc(Cn4cccn4)cc3)sc2c1. The van der Waals surface area contributed by atoms with Gasteiger partial charge in [0, 0.05) is 18.0 Å². The number of hydrogen-bond acceptors (Lipinski definition) is 4. The molecule has 1 N–H and O–H groups in total. The van der Waals surface area contributed by atoms with Crippen LogP contribution in [0.25, 0.3) is 10.2 Å². The average Bonchev–Trinajstić information content (AvgIpc) is 3.25. The van der Waals surface area contributed by atoms with Crippen LogP contribution < -0.4 is 5.32 Å². The van der Waals surface area contributed by atoms with Crippen molar-refractivity contribution in [3.63, 3.8) is 0 Å². The molecule has 0 saturated carbocycles. The van der Waals surface area contributed by atoms with E-state index in [9.17, 15) is 4.79 Å². The number of aryl methyl sites for hydroxylation is 2. The van der Waals surface area contributed by atoms with E-state index < -0.39 is 0 Å². The van der Waals surface area contributed by atoms with Gasteiger partial charge in [-0.3, -0.25) is 14.8 Å². The summed E-state index contributed by atoms with van der Waals surface area (Å²) in [6, 6.07) is 13.6. The number of nitrogens with zero attached hydrogens (tertiary/aromatic N) is 3. The zero-order valence-electron chi connectivity index (χ0n) is 14.6. The summed E-state index contributed by atoms with van der Waals surface area (Å²) in [4.78, 5) is 17.1. The second-order valence-corrected chi connectivity index (χ2v) is 7.33. The van der Waals surface area contributed by atoms with E-state index in [1.807, 2.05) is 48.1 Å². The summed E-state index contributed by atoms with van der Waals surface area (Å²) in [7, 11) is 0. The lowest BCUT2D eigenvalue weighted by Gasteiger charge is -2.04. The number of thiazole rings is 1. The lowest BCUT2D eigenvalue weighted by atomic mass is 10.1. The second-order valence-electron chi connectivity index (χ2n) is 6.30. The van der Waals surface area contributed by atoms with Gasteiger partial charge in [0.1, 0.15) is 0 Å². The number of carbonyl (C=O) groups is 1. The van der Waals surface area contributed by atoms with Gasteiger partial charge in [-0.2, -0.15) is 5.10 Å². The molecule has 1 amide bonds. The van der Waals surface area contributed by atoms with Gasteiger partial charge in [0.05, 0.1) is 16.8 Å². The number of anilines is 1. The van der Waals surface area contributed by atoms with E-state index in [0.717, 1.165) is 21.3 Å². The molecule has 0 radical (unpaired) electrons. The molecule has 4 aromatic rings. The van der Waals surface area contributed by atoms with Crippen LogP contribution in [0.1, 0.15) is 27.0 Å². The van der Waals surface area contributed by atoms with Crippen LogP contribution in [0.2, 0.25) is 0 Å². The molecule has 0 fully saturated rings. The molecule has 0 bridgehead atoms. The number of amides is 1. The molecule has 5 nitrogen and oxygen atoms in total. The first kappa shape index (κ1) is 16.5. The Hall–Kier alpha value is -2.99. The maximum absolute atomic E-state index is 12.5. The Bertz CT molecular complexity index is 1070. The summed E-state index contributed by atoms with van der Waals surface area (Å²) in [5.74, 6) is -0.149. The summed E-state index contributed by atoms with van der Waals surface area (Å²) in [6.07, 6.45) is 3.67. The summed E-state index contributed by atoms with van der Waals surface area (Å²) in [5.41, 5.74) is 4.98. The number of carbonyl (C=O) groups excluding carboxylic acids is 1. The van der Waals surface area contributed by atoms with Crippen molar-refractivity contribution in [2.75, 3.05) is 5.32 Å². The average molecular weight is 362 g/mol. The van der Waals surface area contributed by atoms with Crippen LogP contribution in [0.5, 0.6) is 0 Å². The Morgan fingerprint density at radius 1 is 1.19 bits per heavy atom. The summed E-state index contributed by atoms with van der Waals surface area (Å²) in [6.45, 7) is 4.79. The monoisotopic (exact) mass is 362 g/mol. The van der Waals surface area contributed by atoms with Crippen molar-refractivity contribution in [3.05, 3.63) is 77.1 Å². The molecule has 4 rings (SSSR count). The number of hydrogen-bond donors (Lipinski definition) is 1. The van der Waals surface area contributed by atoms with Crippen molar-refractivity contribution in [2.45, 2.75) is 20.4 Å². The van der Waals surface area contributed by atoms with Crippen LogP contribution in [0, 0.1) is 13.8 Å². The Labute approximate surface area is 155 Å². The van der Waals surface area contributed by atoms with Crippen LogP contribution in [0.15, 0.2) is 54.9 Å². The fourth-order valence-electron chi connectivity index (χ4n) is 2.94. The summed E-state index contributed by atoms with van der Waals surface area (Å²) in [5, 5.41) is 7.72. The van der Waals surface area contributed by atoms with Crippen LogP contribution in [-0.2, 0) is 6.54 Å². The molecule has 130 valence electrons. The van der Waals surface area contributed by atoms with Crippen molar-refractivity contribution in [1.82, 2.24) is 14.8 Å². The van der Waals surface area contributed by atoms with Crippen molar-refractivity contribution in [1.29, 1.82) is 0 Å². The van der Waals surface area contributed by atoms with Gasteiger partial charge in [-0.1, -0.05) is 29.5 Å². The van der Waals surface area contributed by atoms with Crippen LogP contribution >= 0.6 is 11.3 Å². The molecular formula is C20H18N4OS. The molecule has 2 heterocycles. The summed E-state index contributed by atoms with van der Waals surface area (Å²) < 4.78 is 2.94. The van der Waals surface area contributed by atoms with Crippen LogP contribution in [0.3, 0.4) is 0 Å². The fourth-order valence-corrected chi connectivity index (χ4v) is 3.97. The number of rotatable bonds is 4. The zero-order chi connectivity index (χ0) is 18.1. The lowest BCUT2D eigenvalue weighted by Crippen LogP contribution is -2.11. The van der Waals surface area contributed by atoms with E-state index in [1.54, 1.807) is 6.20 Å². The van der Waals surface area contributed by atoms with Gasteiger partial charge < -0.3 is 0 Å². The normalized spacial score (nSPS) is 11.0. The van der Waals surface area contributed by atoms with E-state index in [2.05, 4.69) is 34.5 Å². The van der Waals surface area contributed by atoms with Gasteiger partial charge in [0.2, 0.25) is 0 Å². The first-order chi connectivity index (χ1) is 12.6. The molecule has 0 saturated heterocycles. The van der Waals surface area contributed by atoms with Crippen LogP contribution in [-0.4, -0.2) is 20.7 Å². The standard InChI is InChI=1S/C20H18N4OS/c1-13-10-14(2)18-17(11-13)26-20(22-18)23-19(25)16-6-4-15(5-7-16)12-24-9-3-8-21-24/h3-11H,12H2,1-2H3,(H,22,23,25). The minimum atomic E-state index is -0.149. The molecule has 2 aromatic heterocycles. The van der Waals surface area contributed by atoms with Gasteiger partial charge >= 0.3 is 0 Å². The molecule has 6 heteroatoms.